The van der Waals surface area contributed by atoms with Gasteiger partial charge in [-0.3, -0.25) is 0 Å². The lowest BCUT2D eigenvalue weighted by atomic mass is 10.1. The van der Waals surface area contributed by atoms with E-state index in [4.69, 9.17) is 5.14 Å². The Morgan fingerprint density at radius 1 is 1.67 bits per heavy atom. The van der Waals surface area contributed by atoms with E-state index in [2.05, 4.69) is 9.62 Å². The minimum absolute atomic E-state index is 0.410. The Morgan fingerprint density at radius 2 is 2.33 bits per heavy atom. The second-order valence-corrected chi connectivity index (χ2v) is 4.69. The minimum Gasteiger partial charge on any atom is -0.306 e. The van der Waals surface area contributed by atoms with Gasteiger partial charge in [-0.25, -0.2) is 9.86 Å². The zero-order valence-electron chi connectivity index (χ0n) is 7.16. The van der Waals surface area contributed by atoms with Crippen LogP contribution in [-0.2, 0) is 10.2 Å². The van der Waals surface area contributed by atoms with E-state index in [1.165, 1.54) is 0 Å². The molecule has 1 saturated heterocycles. The molecule has 0 spiro atoms. The maximum atomic E-state index is 10.5. The van der Waals surface area contributed by atoms with Crippen LogP contribution in [0, 0.1) is 5.92 Å². The molecule has 6 heteroatoms. The topological polar surface area (TPSA) is 75.4 Å². The first-order valence-corrected chi connectivity index (χ1v) is 5.48. The molecular weight excluding hydrogens is 178 g/mol. The van der Waals surface area contributed by atoms with E-state index < -0.39 is 10.2 Å². The van der Waals surface area contributed by atoms with Crippen LogP contribution in [0.15, 0.2) is 0 Å². The first kappa shape index (κ1) is 9.91. The van der Waals surface area contributed by atoms with Crippen molar-refractivity contribution in [3.05, 3.63) is 0 Å². The highest BCUT2D eigenvalue weighted by Crippen LogP contribution is 2.12. The monoisotopic (exact) mass is 193 g/mol. The Labute approximate surface area is 73.1 Å². The summed E-state index contributed by atoms with van der Waals surface area (Å²) in [6.07, 6.45) is 1.04. The predicted octanol–water partition coefficient (Wildman–Crippen LogP) is -1.27. The second kappa shape index (κ2) is 3.69. The van der Waals surface area contributed by atoms with E-state index in [1.54, 1.807) is 0 Å². The molecule has 3 N–H and O–H groups in total. The molecule has 0 bridgehead atoms. The fourth-order valence-electron chi connectivity index (χ4n) is 1.43. The molecular formula is C6H15N3O2S. The molecule has 1 aliphatic rings. The summed E-state index contributed by atoms with van der Waals surface area (Å²) in [5.41, 5.74) is 0. The van der Waals surface area contributed by atoms with Crippen LogP contribution in [0.5, 0.6) is 0 Å². The molecule has 0 aliphatic carbocycles. The van der Waals surface area contributed by atoms with Gasteiger partial charge in [0.1, 0.15) is 0 Å². The molecule has 0 aromatic rings. The van der Waals surface area contributed by atoms with Crippen LogP contribution in [-0.4, -0.2) is 40.0 Å². The van der Waals surface area contributed by atoms with Crippen molar-refractivity contribution >= 4 is 10.2 Å². The maximum absolute atomic E-state index is 10.5. The number of likely N-dealkylation sites (tertiary alicyclic amines) is 1. The van der Waals surface area contributed by atoms with Gasteiger partial charge < -0.3 is 4.90 Å². The molecule has 12 heavy (non-hydrogen) atoms. The average molecular weight is 193 g/mol. The van der Waals surface area contributed by atoms with Crippen molar-refractivity contribution in [1.29, 1.82) is 0 Å². The van der Waals surface area contributed by atoms with Crippen molar-refractivity contribution < 1.29 is 8.42 Å². The molecule has 5 nitrogen and oxygen atoms in total. The molecule has 1 rings (SSSR count). The Bertz CT molecular complexity index is 239. The molecule has 1 aliphatic heterocycles. The molecule has 0 radical (unpaired) electrons. The van der Waals surface area contributed by atoms with Gasteiger partial charge in [0.25, 0.3) is 10.2 Å². The highest BCUT2D eigenvalue weighted by Gasteiger charge is 2.19. The Morgan fingerprint density at radius 3 is 2.75 bits per heavy atom. The predicted molar refractivity (Wildman–Crippen MR) is 46.7 cm³/mol. The Balaban J connectivity index is 2.25. The number of nitrogens with one attached hydrogen (secondary N) is 1. The first-order valence-electron chi connectivity index (χ1n) is 3.93. The van der Waals surface area contributed by atoms with Crippen LogP contribution in [0.1, 0.15) is 6.42 Å². The smallest absolute Gasteiger partial charge is 0.274 e. The molecule has 0 amide bonds. The molecule has 0 aromatic heterocycles. The van der Waals surface area contributed by atoms with Gasteiger partial charge in [-0.05, 0) is 25.9 Å². The van der Waals surface area contributed by atoms with Crippen molar-refractivity contribution in [2.45, 2.75) is 6.42 Å². The number of nitrogens with two attached hydrogens (primary N) is 1. The van der Waals surface area contributed by atoms with Crippen molar-refractivity contribution in [2.24, 2.45) is 11.1 Å². The van der Waals surface area contributed by atoms with E-state index in [0.717, 1.165) is 19.5 Å². The summed E-state index contributed by atoms with van der Waals surface area (Å²) < 4.78 is 23.4. The number of hydrogen-bond acceptors (Lipinski definition) is 3. The number of hydrogen-bond donors (Lipinski definition) is 2. The standard InChI is InChI=1S/C6H15N3O2S/c1-9-3-2-6(5-9)4-8-12(7,10)11/h6,8H,2-5H2,1H3,(H2,7,10,11). The van der Waals surface area contributed by atoms with Gasteiger partial charge >= 0.3 is 0 Å². The number of rotatable bonds is 3. The van der Waals surface area contributed by atoms with Crippen LogP contribution in [0.2, 0.25) is 0 Å². The summed E-state index contributed by atoms with van der Waals surface area (Å²) in [6, 6.07) is 0. The van der Waals surface area contributed by atoms with Crippen LogP contribution in [0.4, 0.5) is 0 Å². The minimum atomic E-state index is -3.50. The fourth-order valence-corrected chi connectivity index (χ4v) is 1.89. The van der Waals surface area contributed by atoms with Gasteiger partial charge in [-0.2, -0.15) is 8.42 Å². The highest BCUT2D eigenvalue weighted by molar-refractivity contribution is 7.87. The SMILES string of the molecule is CN1CCC(CNS(N)(=O)=O)C1. The fraction of sp³-hybridized carbons (Fsp3) is 1.00. The highest BCUT2D eigenvalue weighted by atomic mass is 32.2. The summed E-state index contributed by atoms with van der Waals surface area (Å²) in [4.78, 5) is 2.18. The van der Waals surface area contributed by atoms with Crippen molar-refractivity contribution in [2.75, 3.05) is 26.7 Å². The van der Waals surface area contributed by atoms with Crippen LogP contribution in [0.25, 0.3) is 0 Å². The van der Waals surface area contributed by atoms with Gasteiger partial charge in [-0.1, -0.05) is 0 Å². The van der Waals surface area contributed by atoms with Crippen LogP contribution < -0.4 is 9.86 Å². The zero-order chi connectivity index (χ0) is 9.19. The van der Waals surface area contributed by atoms with E-state index in [-0.39, 0.29) is 0 Å². The molecule has 72 valence electrons. The Hall–Kier alpha value is -0.170. The van der Waals surface area contributed by atoms with Gasteiger partial charge in [0, 0.05) is 13.1 Å². The zero-order valence-corrected chi connectivity index (χ0v) is 7.97. The molecule has 1 unspecified atom stereocenters. The van der Waals surface area contributed by atoms with E-state index >= 15 is 0 Å². The third-order valence-corrected chi connectivity index (χ3v) is 2.63. The van der Waals surface area contributed by atoms with Crippen molar-refractivity contribution in [1.82, 2.24) is 9.62 Å². The van der Waals surface area contributed by atoms with Gasteiger partial charge in [0.2, 0.25) is 0 Å². The quantitative estimate of drug-likeness (QED) is 0.587. The summed E-state index contributed by atoms with van der Waals surface area (Å²) in [6.45, 7) is 2.45. The molecule has 1 atom stereocenters. The average Bonchev–Trinajstić information content (AvgIpc) is 2.30. The van der Waals surface area contributed by atoms with Crippen molar-refractivity contribution in [3.63, 3.8) is 0 Å². The van der Waals surface area contributed by atoms with E-state index in [1.807, 2.05) is 7.05 Å². The maximum Gasteiger partial charge on any atom is 0.274 e. The normalized spacial score (nSPS) is 26.3. The largest absolute Gasteiger partial charge is 0.306 e. The lowest BCUT2D eigenvalue weighted by Crippen LogP contribution is -2.35. The summed E-state index contributed by atoms with van der Waals surface area (Å²) >= 11 is 0. The molecule has 1 heterocycles. The summed E-state index contributed by atoms with van der Waals surface area (Å²) in [7, 11) is -1.47. The van der Waals surface area contributed by atoms with Gasteiger partial charge in [0.05, 0.1) is 0 Å². The van der Waals surface area contributed by atoms with Crippen LogP contribution >= 0.6 is 0 Å². The Kier molecular flexibility index (Phi) is 3.05. The van der Waals surface area contributed by atoms with E-state index in [9.17, 15) is 8.42 Å². The number of nitrogens with zero attached hydrogens (tertiary/aromatic N) is 1. The van der Waals surface area contributed by atoms with Gasteiger partial charge in [-0.15, -0.1) is 0 Å². The lowest BCUT2D eigenvalue weighted by molar-refractivity contribution is 0.394. The van der Waals surface area contributed by atoms with E-state index in [0.29, 0.717) is 12.5 Å². The lowest BCUT2D eigenvalue weighted by Gasteiger charge is -2.09. The molecule has 0 saturated carbocycles. The third-order valence-electron chi connectivity index (χ3n) is 2.06. The summed E-state index contributed by atoms with van der Waals surface area (Å²) in [5.74, 6) is 0.410. The van der Waals surface area contributed by atoms with Crippen molar-refractivity contribution in [3.8, 4) is 0 Å². The first-order chi connectivity index (χ1) is 5.47. The second-order valence-electron chi connectivity index (χ2n) is 3.31. The molecule has 0 aromatic carbocycles. The molecule has 1 fully saturated rings. The van der Waals surface area contributed by atoms with Crippen LogP contribution in [0.3, 0.4) is 0 Å². The summed E-state index contributed by atoms with van der Waals surface area (Å²) in [5, 5.41) is 4.80. The third kappa shape index (κ3) is 3.48. The van der Waals surface area contributed by atoms with Gasteiger partial charge in [0.15, 0.2) is 0 Å².